The van der Waals surface area contributed by atoms with Gasteiger partial charge in [0, 0.05) is 11.4 Å². The maximum atomic E-state index is 4.39. The Morgan fingerprint density at radius 1 is 0.600 bits per heavy atom. The SMILES string of the molecule is CSC1=C(SC)SC(=C2SC(Sc3c(C)n[nH]c3C)=C(Sc3c(C)n[nH]c3C)S2)S1. The first kappa shape index (κ1) is 23.6. The van der Waals surface area contributed by atoms with E-state index in [-0.39, 0.29) is 0 Å². The van der Waals surface area contributed by atoms with Crippen molar-refractivity contribution in [3.63, 3.8) is 0 Å². The first-order valence-electron chi connectivity index (χ1n) is 8.82. The summed E-state index contributed by atoms with van der Waals surface area (Å²) < 4.78 is 8.25. The van der Waals surface area contributed by atoms with Crippen LogP contribution in [0, 0.1) is 27.7 Å². The Morgan fingerprint density at radius 2 is 0.967 bits per heavy atom. The van der Waals surface area contributed by atoms with Crippen LogP contribution in [0.25, 0.3) is 0 Å². The number of hydrogen-bond donors (Lipinski definition) is 2. The Hall–Kier alpha value is 0.440. The molecule has 0 bridgehead atoms. The van der Waals surface area contributed by atoms with Crippen LogP contribution in [0.15, 0.2) is 35.2 Å². The third-order valence-corrected chi connectivity index (χ3v) is 15.8. The number of nitrogens with zero attached hydrogens (tertiary/aromatic N) is 2. The minimum Gasteiger partial charge on any atom is -0.281 e. The summed E-state index contributed by atoms with van der Waals surface area (Å²) in [6.45, 7) is 8.32. The average molecular weight is 549 g/mol. The van der Waals surface area contributed by atoms with Gasteiger partial charge >= 0.3 is 0 Å². The third-order valence-electron chi connectivity index (χ3n) is 4.12. The molecular formula is C18H20N4S8. The number of aromatic amines is 2. The van der Waals surface area contributed by atoms with E-state index in [0.29, 0.717) is 0 Å². The summed E-state index contributed by atoms with van der Waals surface area (Å²) in [7, 11) is 0. The van der Waals surface area contributed by atoms with Gasteiger partial charge in [0.1, 0.15) is 0 Å². The van der Waals surface area contributed by atoms with E-state index < -0.39 is 0 Å². The van der Waals surface area contributed by atoms with Crippen molar-refractivity contribution in [1.29, 1.82) is 0 Å². The largest absolute Gasteiger partial charge is 0.281 e. The molecule has 160 valence electrons. The van der Waals surface area contributed by atoms with E-state index in [4.69, 9.17) is 0 Å². The van der Waals surface area contributed by atoms with Crippen molar-refractivity contribution in [3.8, 4) is 0 Å². The second-order valence-electron chi connectivity index (χ2n) is 6.27. The predicted octanol–water partition coefficient (Wildman–Crippen LogP) is 8.32. The summed E-state index contributed by atoms with van der Waals surface area (Å²) in [5, 5.41) is 15.0. The van der Waals surface area contributed by atoms with Crippen molar-refractivity contribution >= 4 is 94.1 Å². The number of aromatic nitrogens is 4. The zero-order valence-electron chi connectivity index (χ0n) is 17.2. The molecular weight excluding hydrogens is 529 g/mol. The van der Waals surface area contributed by atoms with E-state index in [1.807, 2.05) is 94.1 Å². The maximum absolute atomic E-state index is 4.39. The summed E-state index contributed by atoms with van der Waals surface area (Å²) in [4.78, 5) is 2.45. The Bertz CT molecular complexity index is 959. The Morgan fingerprint density at radius 3 is 1.27 bits per heavy atom. The first-order valence-corrected chi connectivity index (χ1v) is 16.2. The number of rotatable bonds is 6. The van der Waals surface area contributed by atoms with Crippen molar-refractivity contribution in [2.45, 2.75) is 37.5 Å². The van der Waals surface area contributed by atoms with Crippen molar-refractivity contribution in [1.82, 2.24) is 20.4 Å². The number of aryl methyl sites for hydroxylation is 4. The fourth-order valence-corrected chi connectivity index (χ4v) is 13.6. The molecule has 0 saturated heterocycles. The lowest BCUT2D eigenvalue weighted by Gasteiger charge is -2.05. The highest BCUT2D eigenvalue weighted by Crippen LogP contribution is 2.67. The normalized spacial score (nSPS) is 17.3. The molecule has 0 aromatic carbocycles. The Balaban J connectivity index is 1.66. The van der Waals surface area contributed by atoms with Gasteiger partial charge < -0.3 is 0 Å². The zero-order valence-corrected chi connectivity index (χ0v) is 23.7. The topological polar surface area (TPSA) is 57.4 Å². The summed E-state index contributed by atoms with van der Waals surface area (Å²) in [5.74, 6) is 0. The highest BCUT2D eigenvalue weighted by Gasteiger charge is 2.32. The second kappa shape index (κ2) is 10.1. The Kier molecular flexibility index (Phi) is 7.98. The molecule has 0 radical (unpaired) electrons. The van der Waals surface area contributed by atoms with Gasteiger partial charge in [0.05, 0.1) is 46.6 Å². The third kappa shape index (κ3) is 4.85. The molecule has 0 unspecified atom stereocenters. The molecule has 2 aliphatic rings. The lowest BCUT2D eigenvalue weighted by Crippen LogP contribution is -1.80. The summed E-state index contributed by atoms with van der Waals surface area (Å²) in [5.41, 5.74) is 4.35. The molecule has 12 heteroatoms. The highest BCUT2D eigenvalue weighted by molar-refractivity contribution is 8.45. The predicted molar refractivity (Wildman–Crippen MR) is 146 cm³/mol. The molecule has 0 atom stereocenters. The molecule has 0 spiro atoms. The van der Waals surface area contributed by atoms with Gasteiger partial charge in [0.15, 0.2) is 0 Å². The van der Waals surface area contributed by atoms with Gasteiger partial charge in [-0.1, -0.05) is 70.6 Å². The van der Waals surface area contributed by atoms with Crippen LogP contribution in [-0.4, -0.2) is 32.9 Å². The van der Waals surface area contributed by atoms with Crippen molar-refractivity contribution < 1.29 is 0 Å². The van der Waals surface area contributed by atoms with Crippen LogP contribution in [0.5, 0.6) is 0 Å². The fraction of sp³-hybridized carbons (Fsp3) is 0.333. The summed E-state index contributed by atoms with van der Waals surface area (Å²) in [6, 6.07) is 0. The number of thioether (sulfide) groups is 8. The molecule has 4 heterocycles. The lowest BCUT2D eigenvalue weighted by molar-refractivity contribution is 1.02. The standard InChI is InChI=1S/C18H20N4S8/c1-7-11(8(2)20-19-7)25-15-16(26-12-9(3)21-22-10(12)4)30-18(29-15)17-27-13(23-5)14(24-6)28-17/h1-6H3,(H,19,20)(H,21,22). The van der Waals surface area contributed by atoms with Gasteiger partial charge in [-0.3, -0.25) is 10.2 Å². The second-order valence-corrected chi connectivity index (χ2v) is 15.6. The quantitative estimate of drug-likeness (QED) is 0.368. The molecule has 4 rings (SSSR count). The molecule has 4 nitrogen and oxygen atoms in total. The van der Waals surface area contributed by atoms with Gasteiger partial charge in [-0.05, 0) is 40.2 Å². The van der Waals surface area contributed by atoms with E-state index in [1.165, 1.54) is 35.2 Å². The van der Waals surface area contributed by atoms with Crippen LogP contribution >= 0.6 is 94.1 Å². The van der Waals surface area contributed by atoms with Gasteiger partial charge in [0.25, 0.3) is 0 Å². The van der Waals surface area contributed by atoms with Crippen LogP contribution in [0.2, 0.25) is 0 Å². The lowest BCUT2D eigenvalue weighted by atomic mass is 10.4. The maximum Gasteiger partial charge on any atom is 0.0733 e. The molecule has 30 heavy (non-hydrogen) atoms. The molecule has 2 aliphatic heterocycles. The van der Waals surface area contributed by atoms with Crippen LogP contribution < -0.4 is 0 Å². The fourth-order valence-electron chi connectivity index (χ4n) is 2.65. The van der Waals surface area contributed by atoms with Crippen LogP contribution in [0.4, 0.5) is 0 Å². The minimum atomic E-state index is 1.05. The molecule has 0 saturated carbocycles. The number of H-pyrrole nitrogens is 2. The van der Waals surface area contributed by atoms with E-state index in [9.17, 15) is 0 Å². The molecule has 0 amide bonds. The van der Waals surface area contributed by atoms with Crippen molar-refractivity contribution in [3.05, 3.63) is 48.2 Å². The molecule has 0 fully saturated rings. The number of nitrogens with one attached hydrogen (secondary N) is 2. The van der Waals surface area contributed by atoms with Crippen LogP contribution in [0.1, 0.15) is 22.8 Å². The first-order chi connectivity index (χ1) is 14.4. The van der Waals surface area contributed by atoms with Crippen molar-refractivity contribution in [2.75, 3.05) is 12.5 Å². The van der Waals surface area contributed by atoms with Gasteiger partial charge in [-0.2, -0.15) is 10.2 Å². The van der Waals surface area contributed by atoms with E-state index >= 15 is 0 Å². The highest BCUT2D eigenvalue weighted by atomic mass is 32.3. The smallest absolute Gasteiger partial charge is 0.0733 e. The van der Waals surface area contributed by atoms with E-state index in [0.717, 1.165) is 22.8 Å². The van der Waals surface area contributed by atoms with Crippen LogP contribution in [0.3, 0.4) is 0 Å². The Labute approximate surface area is 211 Å². The number of hydrogen-bond acceptors (Lipinski definition) is 10. The van der Waals surface area contributed by atoms with Crippen LogP contribution in [-0.2, 0) is 0 Å². The summed E-state index contributed by atoms with van der Waals surface area (Å²) >= 11 is 15.0. The zero-order chi connectivity index (χ0) is 21.4. The van der Waals surface area contributed by atoms with Crippen molar-refractivity contribution in [2.24, 2.45) is 0 Å². The molecule has 0 aliphatic carbocycles. The van der Waals surface area contributed by atoms with Gasteiger partial charge in [-0.25, -0.2) is 0 Å². The molecule has 2 N–H and O–H groups in total. The van der Waals surface area contributed by atoms with Gasteiger partial charge in [-0.15, -0.1) is 23.5 Å². The van der Waals surface area contributed by atoms with E-state index in [2.05, 4.69) is 60.6 Å². The van der Waals surface area contributed by atoms with E-state index in [1.54, 1.807) is 0 Å². The molecule has 2 aromatic heterocycles. The molecule has 2 aromatic rings. The monoisotopic (exact) mass is 548 g/mol. The van der Waals surface area contributed by atoms with Gasteiger partial charge in [0.2, 0.25) is 0 Å². The summed E-state index contributed by atoms with van der Waals surface area (Å²) in [6.07, 6.45) is 4.33. The average Bonchev–Trinajstić information content (AvgIpc) is 3.48. The minimum absolute atomic E-state index is 1.05.